The van der Waals surface area contributed by atoms with E-state index in [1.807, 2.05) is 24.3 Å². The molecule has 0 aliphatic heterocycles. The lowest BCUT2D eigenvalue weighted by atomic mass is 10.1. The van der Waals surface area contributed by atoms with E-state index in [2.05, 4.69) is 5.32 Å². The van der Waals surface area contributed by atoms with Crippen molar-refractivity contribution in [1.29, 1.82) is 0 Å². The van der Waals surface area contributed by atoms with Crippen LogP contribution in [0.1, 0.15) is 11.7 Å². The summed E-state index contributed by atoms with van der Waals surface area (Å²) in [6, 6.07) is 12.6. The highest BCUT2D eigenvalue weighted by molar-refractivity contribution is 6.43. The van der Waals surface area contributed by atoms with E-state index in [1.165, 1.54) is 0 Å². The van der Waals surface area contributed by atoms with Gasteiger partial charge >= 0.3 is 0 Å². The van der Waals surface area contributed by atoms with Crippen LogP contribution in [0.4, 0.5) is 5.69 Å². The lowest BCUT2D eigenvalue weighted by Gasteiger charge is -2.15. The third kappa shape index (κ3) is 3.57. The smallest absolute Gasteiger partial charge is 0.119 e. The summed E-state index contributed by atoms with van der Waals surface area (Å²) < 4.78 is 5.13. The van der Waals surface area contributed by atoms with Gasteiger partial charge in [-0.2, -0.15) is 0 Å². The predicted octanol–water partition coefficient (Wildman–Crippen LogP) is 4.15. The SMILES string of the molecule is COc1cccc(C(O)CNc2cccc(Cl)c2Cl)c1. The van der Waals surface area contributed by atoms with Crippen molar-refractivity contribution < 1.29 is 9.84 Å². The van der Waals surface area contributed by atoms with Crippen molar-refractivity contribution in [2.24, 2.45) is 0 Å². The van der Waals surface area contributed by atoms with Gasteiger partial charge < -0.3 is 15.2 Å². The molecule has 5 heteroatoms. The maximum atomic E-state index is 10.2. The number of rotatable bonds is 5. The summed E-state index contributed by atoms with van der Waals surface area (Å²) in [6.07, 6.45) is -0.667. The first-order chi connectivity index (χ1) is 9.61. The first-order valence-corrected chi connectivity index (χ1v) is 6.87. The predicted molar refractivity (Wildman–Crippen MR) is 82.9 cm³/mol. The molecule has 0 saturated heterocycles. The van der Waals surface area contributed by atoms with Gasteiger partial charge in [0.1, 0.15) is 5.75 Å². The second kappa shape index (κ2) is 6.84. The lowest BCUT2D eigenvalue weighted by Crippen LogP contribution is -2.12. The summed E-state index contributed by atoms with van der Waals surface area (Å²) in [6.45, 7) is 0.327. The van der Waals surface area contributed by atoms with E-state index in [4.69, 9.17) is 27.9 Å². The number of ether oxygens (including phenoxy) is 1. The summed E-state index contributed by atoms with van der Waals surface area (Å²) in [4.78, 5) is 0. The number of nitrogens with one attached hydrogen (secondary N) is 1. The number of aliphatic hydroxyl groups excluding tert-OH is 1. The Morgan fingerprint density at radius 3 is 2.70 bits per heavy atom. The van der Waals surface area contributed by atoms with Crippen LogP contribution in [0.3, 0.4) is 0 Å². The monoisotopic (exact) mass is 311 g/mol. The van der Waals surface area contributed by atoms with Gasteiger partial charge in [-0.25, -0.2) is 0 Å². The van der Waals surface area contributed by atoms with Crippen molar-refractivity contribution >= 4 is 28.9 Å². The Morgan fingerprint density at radius 1 is 1.20 bits per heavy atom. The van der Waals surface area contributed by atoms with Gasteiger partial charge in [0, 0.05) is 6.54 Å². The molecule has 1 atom stereocenters. The molecule has 1 unspecified atom stereocenters. The van der Waals surface area contributed by atoms with Crippen LogP contribution in [0, 0.1) is 0 Å². The van der Waals surface area contributed by atoms with Crippen LogP contribution in [0.15, 0.2) is 42.5 Å². The normalized spacial score (nSPS) is 12.0. The molecule has 0 aliphatic carbocycles. The molecule has 3 nitrogen and oxygen atoms in total. The van der Waals surface area contributed by atoms with Gasteiger partial charge in [-0.3, -0.25) is 0 Å². The minimum absolute atomic E-state index is 0.327. The molecule has 0 radical (unpaired) electrons. The zero-order valence-corrected chi connectivity index (χ0v) is 12.4. The highest BCUT2D eigenvalue weighted by Crippen LogP contribution is 2.30. The molecule has 0 aromatic heterocycles. The first-order valence-electron chi connectivity index (χ1n) is 6.11. The molecular weight excluding hydrogens is 297 g/mol. The number of hydrogen-bond acceptors (Lipinski definition) is 3. The Bertz CT molecular complexity index is 590. The molecular formula is C15H15Cl2NO2. The number of halogens is 2. The molecule has 0 spiro atoms. The van der Waals surface area contributed by atoms with E-state index in [1.54, 1.807) is 25.3 Å². The van der Waals surface area contributed by atoms with Gasteiger partial charge in [-0.1, -0.05) is 41.4 Å². The summed E-state index contributed by atoms with van der Waals surface area (Å²) in [5.41, 5.74) is 1.47. The first kappa shape index (κ1) is 15.0. The Hall–Kier alpha value is -1.42. The molecule has 0 saturated carbocycles. The highest BCUT2D eigenvalue weighted by atomic mass is 35.5. The number of benzene rings is 2. The minimum Gasteiger partial charge on any atom is -0.497 e. The van der Waals surface area contributed by atoms with Crippen molar-refractivity contribution in [1.82, 2.24) is 0 Å². The summed E-state index contributed by atoms with van der Waals surface area (Å²) in [7, 11) is 1.59. The molecule has 2 aromatic rings. The average Bonchev–Trinajstić information content (AvgIpc) is 2.48. The van der Waals surface area contributed by atoms with Crippen LogP contribution >= 0.6 is 23.2 Å². The van der Waals surface area contributed by atoms with Crippen LogP contribution in [0.2, 0.25) is 10.0 Å². The summed E-state index contributed by atoms with van der Waals surface area (Å²) in [5.74, 6) is 0.710. The van der Waals surface area contributed by atoms with Crippen LogP contribution in [0.25, 0.3) is 0 Å². The standard InChI is InChI=1S/C15H15Cl2NO2/c1-20-11-5-2-4-10(8-11)14(19)9-18-13-7-3-6-12(16)15(13)17/h2-8,14,18-19H,9H2,1H3. The Morgan fingerprint density at radius 2 is 1.95 bits per heavy atom. The lowest BCUT2D eigenvalue weighted by molar-refractivity contribution is 0.191. The zero-order valence-electron chi connectivity index (χ0n) is 10.9. The summed E-state index contributed by atoms with van der Waals surface area (Å²) in [5, 5.41) is 14.2. The van der Waals surface area contributed by atoms with Gasteiger partial charge in [-0.05, 0) is 29.8 Å². The molecule has 20 heavy (non-hydrogen) atoms. The minimum atomic E-state index is -0.667. The largest absolute Gasteiger partial charge is 0.497 e. The van der Waals surface area contributed by atoms with Crippen LogP contribution in [0.5, 0.6) is 5.75 Å². The Kier molecular flexibility index (Phi) is 5.12. The molecule has 0 bridgehead atoms. The van der Waals surface area contributed by atoms with E-state index >= 15 is 0 Å². The average molecular weight is 312 g/mol. The van der Waals surface area contributed by atoms with E-state index in [-0.39, 0.29) is 0 Å². The molecule has 0 fully saturated rings. The van der Waals surface area contributed by atoms with Gasteiger partial charge in [0.25, 0.3) is 0 Å². The molecule has 0 aliphatic rings. The third-order valence-corrected chi connectivity index (χ3v) is 3.73. The fraction of sp³-hybridized carbons (Fsp3) is 0.200. The van der Waals surface area contributed by atoms with Gasteiger partial charge in [0.2, 0.25) is 0 Å². The van der Waals surface area contributed by atoms with Gasteiger partial charge in [0.05, 0.1) is 28.9 Å². The van der Waals surface area contributed by atoms with Crippen molar-refractivity contribution in [3.63, 3.8) is 0 Å². The third-order valence-electron chi connectivity index (χ3n) is 2.92. The van der Waals surface area contributed by atoms with E-state index < -0.39 is 6.10 Å². The van der Waals surface area contributed by atoms with E-state index in [9.17, 15) is 5.11 Å². The maximum absolute atomic E-state index is 10.2. The van der Waals surface area contributed by atoms with Crippen molar-refractivity contribution in [2.45, 2.75) is 6.10 Å². The fourth-order valence-corrected chi connectivity index (χ4v) is 2.18. The topological polar surface area (TPSA) is 41.5 Å². The van der Waals surface area contributed by atoms with Gasteiger partial charge in [0.15, 0.2) is 0 Å². The Labute approximate surface area is 128 Å². The second-order valence-electron chi connectivity index (χ2n) is 4.27. The number of hydrogen-bond donors (Lipinski definition) is 2. The number of aliphatic hydroxyl groups is 1. The fourth-order valence-electron chi connectivity index (χ4n) is 1.81. The Balaban J connectivity index is 2.04. The van der Waals surface area contributed by atoms with E-state index in [0.717, 1.165) is 5.56 Å². The quantitative estimate of drug-likeness (QED) is 0.871. The van der Waals surface area contributed by atoms with Crippen molar-refractivity contribution in [2.75, 3.05) is 19.0 Å². The van der Waals surface area contributed by atoms with Crippen molar-refractivity contribution in [3.8, 4) is 5.75 Å². The molecule has 0 heterocycles. The number of anilines is 1. The van der Waals surface area contributed by atoms with Crippen LogP contribution in [-0.2, 0) is 0 Å². The van der Waals surface area contributed by atoms with Gasteiger partial charge in [-0.15, -0.1) is 0 Å². The maximum Gasteiger partial charge on any atom is 0.119 e. The zero-order chi connectivity index (χ0) is 14.5. The highest BCUT2D eigenvalue weighted by Gasteiger charge is 2.10. The van der Waals surface area contributed by atoms with Crippen LogP contribution in [-0.4, -0.2) is 18.8 Å². The molecule has 2 aromatic carbocycles. The molecule has 2 N–H and O–H groups in total. The van der Waals surface area contributed by atoms with Crippen molar-refractivity contribution in [3.05, 3.63) is 58.1 Å². The molecule has 0 amide bonds. The second-order valence-corrected chi connectivity index (χ2v) is 5.06. The van der Waals surface area contributed by atoms with Crippen LogP contribution < -0.4 is 10.1 Å². The summed E-state index contributed by atoms with van der Waals surface area (Å²) >= 11 is 12.0. The van der Waals surface area contributed by atoms with E-state index in [0.29, 0.717) is 28.0 Å². The molecule has 2 rings (SSSR count). The molecule has 106 valence electrons. The number of methoxy groups -OCH3 is 1.